The molecule has 1 aromatic rings. The highest BCUT2D eigenvalue weighted by atomic mass is 32.1. The normalized spacial score (nSPS) is 25.3. The van der Waals surface area contributed by atoms with Crippen molar-refractivity contribution < 1.29 is 4.74 Å². The molecule has 0 aliphatic heterocycles. The minimum Gasteiger partial charge on any atom is -0.381 e. The van der Waals surface area contributed by atoms with Crippen molar-refractivity contribution in [2.24, 2.45) is 0 Å². The summed E-state index contributed by atoms with van der Waals surface area (Å²) in [5.74, 6) is 0. The van der Waals surface area contributed by atoms with Crippen molar-refractivity contribution in [3.05, 3.63) is 15.6 Å². The summed E-state index contributed by atoms with van der Waals surface area (Å²) in [6, 6.07) is 0.625. The lowest BCUT2D eigenvalue weighted by atomic mass is 9.89. The molecule has 0 aromatic carbocycles. The summed E-state index contributed by atoms with van der Waals surface area (Å²) in [7, 11) is 1.79. The predicted octanol–water partition coefficient (Wildman–Crippen LogP) is 2.03. The fraction of sp³-hybridized carbons (Fsp3) is 0.727. The van der Waals surface area contributed by atoms with Crippen LogP contribution >= 0.6 is 11.3 Å². The topological polar surface area (TPSA) is 34.1 Å². The zero-order valence-corrected chi connectivity index (χ0v) is 10.4. The van der Waals surface area contributed by atoms with Crippen LogP contribution in [-0.2, 0) is 11.3 Å². The molecule has 1 aromatic heterocycles. The number of methoxy groups -OCH3 is 1. The zero-order chi connectivity index (χ0) is 10.8. The molecule has 1 aliphatic rings. The van der Waals surface area contributed by atoms with Crippen LogP contribution in [0.2, 0.25) is 0 Å². The number of hydrogen-bond donors (Lipinski definition) is 1. The second-order valence-corrected chi connectivity index (χ2v) is 5.44. The van der Waals surface area contributed by atoms with E-state index in [4.69, 9.17) is 4.74 Å². The third kappa shape index (κ3) is 2.56. The van der Waals surface area contributed by atoms with Crippen LogP contribution in [-0.4, -0.2) is 24.2 Å². The van der Waals surface area contributed by atoms with Gasteiger partial charge in [0.25, 0.3) is 0 Å². The van der Waals surface area contributed by atoms with Gasteiger partial charge in [-0.15, -0.1) is 11.3 Å². The second-order valence-electron chi connectivity index (χ2n) is 4.16. The molecule has 0 amide bonds. The standard InChI is InChI=1S/C11H18N2OS/c1-7-8(2)15-11(13-7)6-12-9-4-10(5-9)14-3/h9-10,12H,4-6H2,1-3H3. The summed E-state index contributed by atoms with van der Waals surface area (Å²) >= 11 is 1.79. The van der Waals surface area contributed by atoms with E-state index in [1.165, 1.54) is 15.6 Å². The Bertz CT molecular complexity index is 312. The summed E-state index contributed by atoms with van der Waals surface area (Å²) in [4.78, 5) is 5.83. The highest BCUT2D eigenvalue weighted by molar-refractivity contribution is 7.11. The van der Waals surface area contributed by atoms with Gasteiger partial charge in [0.15, 0.2) is 0 Å². The van der Waals surface area contributed by atoms with Gasteiger partial charge in [0.1, 0.15) is 5.01 Å². The SMILES string of the molecule is COC1CC(NCc2nc(C)c(C)s2)C1. The average molecular weight is 226 g/mol. The number of rotatable bonds is 4. The Morgan fingerprint density at radius 1 is 1.47 bits per heavy atom. The first kappa shape index (κ1) is 11.0. The molecule has 1 heterocycles. The van der Waals surface area contributed by atoms with Crippen molar-refractivity contribution in [2.75, 3.05) is 7.11 Å². The van der Waals surface area contributed by atoms with Gasteiger partial charge >= 0.3 is 0 Å². The highest BCUT2D eigenvalue weighted by Crippen LogP contribution is 2.23. The number of nitrogens with zero attached hydrogens (tertiary/aromatic N) is 1. The van der Waals surface area contributed by atoms with Gasteiger partial charge in [0, 0.05) is 24.6 Å². The molecule has 0 atom stereocenters. The molecule has 0 spiro atoms. The van der Waals surface area contributed by atoms with E-state index in [1.807, 2.05) is 0 Å². The van der Waals surface area contributed by atoms with Gasteiger partial charge in [-0.2, -0.15) is 0 Å². The second kappa shape index (κ2) is 4.60. The summed E-state index contributed by atoms with van der Waals surface area (Å²) < 4.78 is 5.24. The van der Waals surface area contributed by atoms with Crippen molar-refractivity contribution in [1.29, 1.82) is 0 Å². The van der Waals surface area contributed by atoms with Crippen LogP contribution in [0.25, 0.3) is 0 Å². The Balaban J connectivity index is 1.75. The molecule has 4 heteroatoms. The fourth-order valence-corrected chi connectivity index (χ4v) is 2.66. The Labute approximate surface area is 94.9 Å². The zero-order valence-electron chi connectivity index (χ0n) is 9.54. The van der Waals surface area contributed by atoms with Gasteiger partial charge < -0.3 is 10.1 Å². The quantitative estimate of drug-likeness (QED) is 0.853. The lowest BCUT2D eigenvalue weighted by molar-refractivity contribution is 0.0170. The molecule has 0 unspecified atom stereocenters. The van der Waals surface area contributed by atoms with Crippen molar-refractivity contribution in [3.8, 4) is 0 Å². The predicted molar refractivity (Wildman–Crippen MR) is 62.2 cm³/mol. The molecule has 1 aliphatic carbocycles. The number of ether oxygens (including phenoxy) is 1. The Morgan fingerprint density at radius 3 is 2.73 bits per heavy atom. The maximum atomic E-state index is 5.24. The lowest BCUT2D eigenvalue weighted by Gasteiger charge is -2.34. The molecule has 0 saturated heterocycles. The van der Waals surface area contributed by atoms with Gasteiger partial charge in [-0.25, -0.2) is 4.98 Å². The van der Waals surface area contributed by atoms with Gasteiger partial charge in [-0.3, -0.25) is 0 Å². The molecule has 0 bridgehead atoms. The molecule has 2 rings (SSSR count). The molecule has 15 heavy (non-hydrogen) atoms. The van der Waals surface area contributed by atoms with Crippen molar-refractivity contribution in [1.82, 2.24) is 10.3 Å². The first-order valence-corrected chi connectivity index (χ1v) is 6.19. The largest absolute Gasteiger partial charge is 0.381 e. The van der Waals surface area contributed by atoms with E-state index < -0.39 is 0 Å². The lowest BCUT2D eigenvalue weighted by Crippen LogP contribution is -2.44. The first-order chi connectivity index (χ1) is 7.19. The molecular weight excluding hydrogens is 208 g/mol. The highest BCUT2D eigenvalue weighted by Gasteiger charge is 2.28. The maximum Gasteiger partial charge on any atom is 0.107 e. The molecule has 1 N–H and O–H groups in total. The monoisotopic (exact) mass is 226 g/mol. The van der Waals surface area contributed by atoms with E-state index in [0.29, 0.717) is 12.1 Å². The van der Waals surface area contributed by atoms with Gasteiger partial charge in [-0.1, -0.05) is 0 Å². The molecular formula is C11H18N2OS. The number of thiazole rings is 1. The van der Waals surface area contributed by atoms with E-state index >= 15 is 0 Å². The van der Waals surface area contributed by atoms with Crippen molar-refractivity contribution in [2.45, 2.75) is 45.4 Å². The molecule has 1 saturated carbocycles. The van der Waals surface area contributed by atoms with Gasteiger partial charge in [0.2, 0.25) is 0 Å². The number of hydrogen-bond acceptors (Lipinski definition) is 4. The van der Waals surface area contributed by atoms with Crippen LogP contribution in [0.1, 0.15) is 28.4 Å². The van der Waals surface area contributed by atoms with E-state index in [1.54, 1.807) is 18.4 Å². The minimum absolute atomic E-state index is 0.474. The number of aryl methyl sites for hydroxylation is 2. The summed E-state index contributed by atoms with van der Waals surface area (Å²) in [6.07, 6.45) is 2.75. The maximum absolute atomic E-state index is 5.24. The average Bonchev–Trinajstić information content (AvgIpc) is 2.44. The van der Waals surface area contributed by atoms with Crippen LogP contribution in [0.5, 0.6) is 0 Å². The fourth-order valence-electron chi connectivity index (χ4n) is 1.77. The van der Waals surface area contributed by atoms with Crippen LogP contribution < -0.4 is 5.32 Å². The van der Waals surface area contributed by atoms with Crippen LogP contribution in [0.4, 0.5) is 0 Å². The Kier molecular flexibility index (Phi) is 3.38. The van der Waals surface area contributed by atoms with Crippen LogP contribution in [0.3, 0.4) is 0 Å². The molecule has 3 nitrogen and oxygen atoms in total. The van der Waals surface area contributed by atoms with E-state index in [2.05, 4.69) is 24.1 Å². The van der Waals surface area contributed by atoms with Gasteiger partial charge in [-0.05, 0) is 26.7 Å². The van der Waals surface area contributed by atoms with Crippen LogP contribution in [0, 0.1) is 13.8 Å². The number of nitrogens with one attached hydrogen (secondary N) is 1. The third-order valence-corrected chi connectivity index (χ3v) is 4.12. The molecule has 0 radical (unpaired) electrons. The first-order valence-electron chi connectivity index (χ1n) is 5.38. The van der Waals surface area contributed by atoms with E-state index in [-0.39, 0.29) is 0 Å². The van der Waals surface area contributed by atoms with Crippen molar-refractivity contribution in [3.63, 3.8) is 0 Å². The Morgan fingerprint density at radius 2 is 2.20 bits per heavy atom. The summed E-state index contributed by atoms with van der Waals surface area (Å²) in [5.41, 5.74) is 1.17. The number of aromatic nitrogens is 1. The molecule has 84 valence electrons. The summed E-state index contributed by atoms with van der Waals surface area (Å²) in [6.45, 7) is 5.10. The van der Waals surface area contributed by atoms with Crippen molar-refractivity contribution >= 4 is 11.3 Å². The van der Waals surface area contributed by atoms with E-state index in [9.17, 15) is 0 Å². The Hall–Kier alpha value is -0.450. The van der Waals surface area contributed by atoms with Gasteiger partial charge in [0.05, 0.1) is 11.8 Å². The summed E-state index contributed by atoms with van der Waals surface area (Å²) in [5, 5.41) is 4.71. The smallest absolute Gasteiger partial charge is 0.107 e. The van der Waals surface area contributed by atoms with E-state index in [0.717, 1.165) is 19.4 Å². The minimum atomic E-state index is 0.474. The third-order valence-electron chi connectivity index (χ3n) is 3.04. The van der Waals surface area contributed by atoms with Crippen LogP contribution in [0.15, 0.2) is 0 Å². The molecule has 1 fully saturated rings.